The number of sulfonamides is 1. The molecule has 11 heteroatoms. The molecule has 1 N–H and O–H groups in total. The molecule has 4 rings (SSSR count). The molecule has 1 atom stereocenters. The monoisotopic (exact) mass is 641 g/mol. The first-order valence-electron chi connectivity index (χ1n) is 13.3. The molecule has 0 aliphatic carbocycles. The number of amides is 2. The van der Waals surface area contributed by atoms with E-state index in [-0.39, 0.29) is 39.2 Å². The van der Waals surface area contributed by atoms with Crippen LogP contribution in [0.25, 0.3) is 0 Å². The molecule has 4 aromatic carbocycles. The Kier molecular flexibility index (Phi) is 10.4. The van der Waals surface area contributed by atoms with Gasteiger partial charge in [0.15, 0.2) is 0 Å². The largest absolute Gasteiger partial charge is 0.357 e. The van der Waals surface area contributed by atoms with E-state index in [1.807, 2.05) is 25.1 Å². The van der Waals surface area contributed by atoms with Crippen LogP contribution in [0.5, 0.6) is 0 Å². The van der Waals surface area contributed by atoms with Gasteiger partial charge in [0, 0.05) is 30.6 Å². The summed E-state index contributed by atoms with van der Waals surface area (Å²) in [4.78, 5) is 28.7. The molecule has 0 heterocycles. The SMILES string of the molecule is CNC(=O)[C@H](Cc1ccccc1)N(Cc1ccccc1F)C(=O)CN(c1cc(Cl)ccc1Cl)S(=O)(=O)c1ccc(C)cc1. The van der Waals surface area contributed by atoms with E-state index < -0.39 is 40.2 Å². The summed E-state index contributed by atoms with van der Waals surface area (Å²) in [7, 11) is -2.93. The van der Waals surface area contributed by atoms with Crippen LogP contribution >= 0.6 is 23.2 Å². The highest BCUT2D eigenvalue weighted by Crippen LogP contribution is 2.33. The number of likely N-dealkylation sites (N-methyl/N-ethyl adjacent to an activating group) is 1. The normalized spacial score (nSPS) is 11.9. The molecular weight excluding hydrogens is 612 g/mol. The van der Waals surface area contributed by atoms with Crippen LogP contribution in [0.4, 0.5) is 10.1 Å². The van der Waals surface area contributed by atoms with E-state index in [1.54, 1.807) is 30.3 Å². The Labute approximate surface area is 260 Å². The van der Waals surface area contributed by atoms with Gasteiger partial charge in [0.05, 0.1) is 15.6 Å². The number of hydrogen-bond acceptors (Lipinski definition) is 4. The number of hydrogen-bond donors (Lipinski definition) is 1. The van der Waals surface area contributed by atoms with Crippen molar-refractivity contribution in [3.8, 4) is 0 Å². The Morgan fingerprint density at radius 1 is 0.907 bits per heavy atom. The van der Waals surface area contributed by atoms with Crippen molar-refractivity contribution in [3.05, 3.63) is 130 Å². The van der Waals surface area contributed by atoms with Gasteiger partial charge in [-0.25, -0.2) is 12.8 Å². The minimum Gasteiger partial charge on any atom is -0.357 e. The average Bonchev–Trinajstić information content (AvgIpc) is 3.00. The maximum Gasteiger partial charge on any atom is 0.264 e. The summed E-state index contributed by atoms with van der Waals surface area (Å²) in [6, 6.07) is 24.3. The summed E-state index contributed by atoms with van der Waals surface area (Å²) in [6.45, 7) is 0.781. The number of benzene rings is 4. The lowest BCUT2D eigenvalue weighted by molar-refractivity contribution is -0.139. The van der Waals surface area contributed by atoms with Gasteiger partial charge in [-0.2, -0.15) is 0 Å². The first-order chi connectivity index (χ1) is 20.5. The fraction of sp³-hybridized carbons (Fsp3) is 0.188. The molecule has 0 spiro atoms. The van der Waals surface area contributed by atoms with Gasteiger partial charge in [0.2, 0.25) is 11.8 Å². The van der Waals surface area contributed by atoms with Crippen LogP contribution in [0, 0.1) is 12.7 Å². The molecule has 0 aliphatic heterocycles. The lowest BCUT2D eigenvalue weighted by atomic mass is 10.0. The van der Waals surface area contributed by atoms with Gasteiger partial charge in [-0.3, -0.25) is 13.9 Å². The zero-order valence-corrected chi connectivity index (χ0v) is 25.8. The maximum atomic E-state index is 14.9. The van der Waals surface area contributed by atoms with Crippen molar-refractivity contribution in [1.82, 2.24) is 10.2 Å². The van der Waals surface area contributed by atoms with Gasteiger partial charge < -0.3 is 10.2 Å². The molecule has 0 radical (unpaired) electrons. The number of aryl methyl sites for hydroxylation is 1. The Bertz CT molecular complexity index is 1700. The van der Waals surface area contributed by atoms with Crippen LogP contribution in [-0.4, -0.2) is 44.8 Å². The standard InChI is InChI=1S/C32H30Cl2FN3O4S/c1-22-12-15-26(16-13-22)43(41,42)38(29-19-25(33)14-17-27(29)34)21-31(39)37(20-24-10-6-7-11-28(24)35)30(32(40)36-2)18-23-8-4-3-5-9-23/h3-17,19,30H,18,20-21H2,1-2H3,(H,36,40)/t30-/m0/s1. The molecule has 2 amide bonds. The fourth-order valence-electron chi connectivity index (χ4n) is 4.56. The van der Waals surface area contributed by atoms with Gasteiger partial charge in [0.25, 0.3) is 10.0 Å². The summed E-state index contributed by atoms with van der Waals surface area (Å²) in [6.07, 6.45) is 0.101. The second-order valence-electron chi connectivity index (χ2n) is 9.85. The molecular formula is C32H30Cl2FN3O4S. The molecule has 0 aromatic heterocycles. The summed E-state index contributed by atoms with van der Waals surface area (Å²) < 4.78 is 43.8. The number of carbonyl (C=O) groups is 2. The van der Waals surface area contributed by atoms with Crippen molar-refractivity contribution in [2.45, 2.75) is 30.8 Å². The molecule has 43 heavy (non-hydrogen) atoms. The highest BCUT2D eigenvalue weighted by Gasteiger charge is 2.35. The van der Waals surface area contributed by atoms with Crippen LogP contribution in [0.3, 0.4) is 0 Å². The average molecular weight is 643 g/mol. The quantitative estimate of drug-likeness (QED) is 0.217. The number of rotatable bonds is 11. The van der Waals surface area contributed by atoms with Crippen LogP contribution < -0.4 is 9.62 Å². The Balaban J connectivity index is 1.83. The minimum atomic E-state index is -4.36. The van der Waals surface area contributed by atoms with Crippen molar-refractivity contribution < 1.29 is 22.4 Å². The minimum absolute atomic E-state index is 0.0199. The summed E-state index contributed by atoms with van der Waals surface area (Å²) in [5, 5.41) is 2.83. The first-order valence-corrected chi connectivity index (χ1v) is 15.5. The summed E-state index contributed by atoms with van der Waals surface area (Å²) >= 11 is 12.7. The third-order valence-corrected chi connectivity index (χ3v) is 9.21. The zero-order valence-electron chi connectivity index (χ0n) is 23.5. The zero-order chi connectivity index (χ0) is 31.1. The van der Waals surface area contributed by atoms with E-state index in [0.717, 1.165) is 15.4 Å². The predicted molar refractivity (Wildman–Crippen MR) is 167 cm³/mol. The smallest absolute Gasteiger partial charge is 0.264 e. The second-order valence-corrected chi connectivity index (χ2v) is 12.6. The maximum absolute atomic E-state index is 14.9. The number of halogens is 3. The lowest BCUT2D eigenvalue weighted by Crippen LogP contribution is -2.53. The predicted octanol–water partition coefficient (Wildman–Crippen LogP) is 6.02. The fourth-order valence-corrected chi connectivity index (χ4v) is 6.42. The van der Waals surface area contributed by atoms with E-state index in [9.17, 15) is 22.4 Å². The van der Waals surface area contributed by atoms with E-state index in [0.29, 0.717) is 0 Å². The molecule has 0 unspecified atom stereocenters. The van der Waals surface area contributed by atoms with Crippen LogP contribution in [-0.2, 0) is 32.6 Å². The summed E-state index contributed by atoms with van der Waals surface area (Å²) in [5.41, 5.74) is 1.73. The highest BCUT2D eigenvalue weighted by atomic mass is 35.5. The number of carbonyl (C=O) groups excluding carboxylic acids is 2. The van der Waals surface area contributed by atoms with Crippen molar-refractivity contribution in [3.63, 3.8) is 0 Å². The van der Waals surface area contributed by atoms with Gasteiger partial charge in [-0.05, 0) is 48.9 Å². The highest BCUT2D eigenvalue weighted by molar-refractivity contribution is 7.92. The van der Waals surface area contributed by atoms with Gasteiger partial charge in [-0.1, -0.05) is 89.4 Å². The number of anilines is 1. The van der Waals surface area contributed by atoms with Crippen molar-refractivity contribution in [2.24, 2.45) is 0 Å². The first kappa shape index (κ1) is 32.0. The topological polar surface area (TPSA) is 86.8 Å². The number of nitrogens with one attached hydrogen (secondary N) is 1. The van der Waals surface area contributed by atoms with E-state index in [2.05, 4.69) is 5.32 Å². The van der Waals surface area contributed by atoms with Crippen molar-refractivity contribution >= 4 is 50.7 Å². The second kappa shape index (κ2) is 14.0. The molecule has 4 aromatic rings. The van der Waals surface area contributed by atoms with E-state index >= 15 is 0 Å². The summed E-state index contributed by atoms with van der Waals surface area (Å²) in [5.74, 6) is -1.82. The van der Waals surface area contributed by atoms with E-state index in [4.69, 9.17) is 23.2 Å². The van der Waals surface area contributed by atoms with Crippen molar-refractivity contribution in [1.29, 1.82) is 0 Å². The molecule has 0 aliphatic rings. The third kappa shape index (κ3) is 7.73. The lowest BCUT2D eigenvalue weighted by Gasteiger charge is -2.34. The molecule has 0 saturated heterocycles. The van der Waals surface area contributed by atoms with Crippen LogP contribution in [0.1, 0.15) is 16.7 Å². The Morgan fingerprint density at radius 2 is 1.56 bits per heavy atom. The molecule has 7 nitrogen and oxygen atoms in total. The Hall–Kier alpha value is -3.92. The molecule has 224 valence electrons. The molecule has 0 bridgehead atoms. The molecule has 0 saturated carbocycles. The Morgan fingerprint density at radius 3 is 2.21 bits per heavy atom. The van der Waals surface area contributed by atoms with Crippen LogP contribution in [0.2, 0.25) is 10.0 Å². The van der Waals surface area contributed by atoms with Gasteiger partial charge >= 0.3 is 0 Å². The van der Waals surface area contributed by atoms with Crippen LogP contribution in [0.15, 0.2) is 102 Å². The number of nitrogens with zero attached hydrogens (tertiary/aromatic N) is 2. The van der Waals surface area contributed by atoms with E-state index in [1.165, 1.54) is 60.5 Å². The van der Waals surface area contributed by atoms with Gasteiger partial charge in [0.1, 0.15) is 18.4 Å². The molecule has 0 fully saturated rings. The third-order valence-electron chi connectivity index (χ3n) is 6.88. The van der Waals surface area contributed by atoms with Gasteiger partial charge in [-0.15, -0.1) is 0 Å². The van der Waals surface area contributed by atoms with Crippen molar-refractivity contribution in [2.75, 3.05) is 17.9 Å².